The molecule has 1 fully saturated rings. The third-order valence-corrected chi connectivity index (χ3v) is 5.18. The van der Waals surface area contributed by atoms with Gasteiger partial charge in [-0.05, 0) is 42.7 Å². The standard InChI is InChI=1S/C18H21Cl2N5O/c1-24(18(26)21-11-13-6-7-14(19)10-16(13)20)15-4-3-9-25(12-15)17-5-2-8-22-23-17/h2,5-8,10,15H,3-4,9,11-12H2,1H3,(H,21,26)/t15-/m1/s1. The van der Waals surface area contributed by atoms with Crippen LogP contribution in [0.5, 0.6) is 0 Å². The molecular weight excluding hydrogens is 373 g/mol. The molecule has 1 aliphatic rings. The van der Waals surface area contributed by atoms with Gasteiger partial charge >= 0.3 is 6.03 Å². The monoisotopic (exact) mass is 393 g/mol. The molecule has 2 aromatic rings. The minimum absolute atomic E-state index is 0.117. The Bertz CT molecular complexity index is 759. The molecule has 26 heavy (non-hydrogen) atoms. The van der Waals surface area contributed by atoms with Crippen molar-refractivity contribution in [2.75, 3.05) is 25.0 Å². The van der Waals surface area contributed by atoms with Gasteiger partial charge in [-0.1, -0.05) is 29.3 Å². The fourth-order valence-electron chi connectivity index (χ4n) is 3.07. The summed E-state index contributed by atoms with van der Waals surface area (Å²) in [6.45, 7) is 2.02. The van der Waals surface area contributed by atoms with Crippen molar-refractivity contribution in [3.63, 3.8) is 0 Å². The van der Waals surface area contributed by atoms with E-state index >= 15 is 0 Å². The van der Waals surface area contributed by atoms with Crippen molar-refractivity contribution in [1.29, 1.82) is 0 Å². The summed E-state index contributed by atoms with van der Waals surface area (Å²) in [7, 11) is 1.82. The fourth-order valence-corrected chi connectivity index (χ4v) is 3.54. The maximum Gasteiger partial charge on any atom is 0.317 e. The van der Waals surface area contributed by atoms with Crippen molar-refractivity contribution >= 4 is 35.1 Å². The number of hydrogen-bond acceptors (Lipinski definition) is 4. The lowest BCUT2D eigenvalue weighted by Crippen LogP contribution is -2.51. The minimum atomic E-state index is -0.123. The predicted molar refractivity (Wildman–Crippen MR) is 104 cm³/mol. The van der Waals surface area contributed by atoms with Crippen molar-refractivity contribution in [2.45, 2.75) is 25.4 Å². The number of nitrogens with zero attached hydrogens (tertiary/aromatic N) is 4. The van der Waals surface area contributed by atoms with Crippen LogP contribution in [0.2, 0.25) is 10.0 Å². The van der Waals surface area contributed by atoms with Crippen LogP contribution < -0.4 is 10.2 Å². The van der Waals surface area contributed by atoms with Gasteiger partial charge in [0.1, 0.15) is 0 Å². The van der Waals surface area contributed by atoms with Crippen molar-refractivity contribution in [3.8, 4) is 0 Å². The van der Waals surface area contributed by atoms with Crippen LogP contribution >= 0.6 is 23.2 Å². The van der Waals surface area contributed by atoms with Gasteiger partial charge in [-0.15, -0.1) is 5.10 Å². The zero-order chi connectivity index (χ0) is 18.5. The van der Waals surface area contributed by atoms with E-state index in [1.54, 1.807) is 23.2 Å². The number of urea groups is 1. The molecule has 1 N–H and O–H groups in total. The molecule has 2 heterocycles. The number of carbonyl (C=O) groups excluding carboxylic acids is 1. The molecule has 1 aromatic carbocycles. The van der Waals surface area contributed by atoms with Crippen molar-refractivity contribution in [2.24, 2.45) is 0 Å². The van der Waals surface area contributed by atoms with E-state index in [0.717, 1.165) is 37.3 Å². The lowest BCUT2D eigenvalue weighted by atomic mass is 10.0. The SMILES string of the molecule is CN(C(=O)NCc1ccc(Cl)cc1Cl)[C@@H]1CCCN(c2cccnn2)C1. The highest BCUT2D eigenvalue weighted by Gasteiger charge is 2.26. The first-order valence-corrected chi connectivity index (χ1v) is 9.27. The minimum Gasteiger partial charge on any atom is -0.353 e. The van der Waals surface area contributed by atoms with Gasteiger partial charge in [0.2, 0.25) is 0 Å². The predicted octanol–water partition coefficient (Wildman–Crippen LogP) is 3.59. The molecule has 138 valence electrons. The molecule has 0 unspecified atom stereocenters. The Morgan fingerprint density at radius 2 is 2.23 bits per heavy atom. The van der Waals surface area contributed by atoms with Crippen LogP contribution in [0.1, 0.15) is 18.4 Å². The van der Waals surface area contributed by atoms with E-state index in [9.17, 15) is 4.79 Å². The van der Waals surface area contributed by atoms with E-state index in [1.165, 1.54) is 0 Å². The molecule has 1 atom stereocenters. The number of hydrogen-bond donors (Lipinski definition) is 1. The van der Waals surface area contributed by atoms with Crippen LogP contribution in [0.25, 0.3) is 0 Å². The van der Waals surface area contributed by atoms with Crippen LogP contribution in [0.3, 0.4) is 0 Å². The molecule has 6 nitrogen and oxygen atoms in total. The van der Waals surface area contributed by atoms with E-state index in [4.69, 9.17) is 23.2 Å². The summed E-state index contributed by atoms with van der Waals surface area (Å²) in [5.74, 6) is 0.846. The second-order valence-electron chi connectivity index (χ2n) is 6.33. The first kappa shape index (κ1) is 18.7. The molecule has 8 heteroatoms. The second-order valence-corrected chi connectivity index (χ2v) is 7.17. The van der Waals surface area contributed by atoms with Crippen LogP contribution in [0.15, 0.2) is 36.5 Å². The van der Waals surface area contributed by atoms with Gasteiger partial charge in [-0.2, -0.15) is 5.10 Å². The Balaban J connectivity index is 1.57. The van der Waals surface area contributed by atoms with Gasteiger partial charge in [-0.3, -0.25) is 0 Å². The van der Waals surface area contributed by atoms with Gasteiger partial charge in [0.05, 0.1) is 6.04 Å². The van der Waals surface area contributed by atoms with Gasteiger partial charge in [0.15, 0.2) is 5.82 Å². The molecular formula is C18H21Cl2N5O. The Morgan fingerprint density at radius 3 is 2.96 bits per heavy atom. The van der Waals surface area contributed by atoms with Crippen LogP contribution in [0, 0.1) is 0 Å². The summed E-state index contributed by atoms with van der Waals surface area (Å²) >= 11 is 12.1. The number of halogens is 2. The summed E-state index contributed by atoms with van der Waals surface area (Å²) in [6, 6.07) is 9.07. The zero-order valence-corrected chi connectivity index (χ0v) is 16.0. The van der Waals surface area contributed by atoms with Crippen LogP contribution in [0.4, 0.5) is 10.6 Å². The van der Waals surface area contributed by atoms with Gasteiger partial charge in [0, 0.05) is 42.9 Å². The van der Waals surface area contributed by atoms with Gasteiger partial charge in [-0.25, -0.2) is 4.79 Å². The molecule has 0 spiro atoms. The van der Waals surface area contributed by atoms with Crippen molar-refractivity contribution < 1.29 is 4.79 Å². The van der Waals surface area contributed by atoms with Gasteiger partial charge < -0.3 is 15.1 Å². The number of amides is 2. The Kier molecular flexibility index (Phi) is 6.16. The smallest absolute Gasteiger partial charge is 0.317 e. The number of benzene rings is 1. The highest BCUT2D eigenvalue weighted by Crippen LogP contribution is 2.22. The number of nitrogens with one attached hydrogen (secondary N) is 1. The normalized spacial score (nSPS) is 17.0. The van der Waals surface area contributed by atoms with E-state index in [2.05, 4.69) is 20.4 Å². The molecule has 1 aliphatic heterocycles. The first-order valence-electron chi connectivity index (χ1n) is 8.52. The molecule has 1 saturated heterocycles. The number of likely N-dealkylation sites (N-methyl/N-ethyl adjacent to an activating group) is 1. The molecule has 0 aliphatic carbocycles. The van der Waals surface area contributed by atoms with E-state index in [-0.39, 0.29) is 12.1 Å². The van der Waals surface area contributed by atoms with Crippen LogP contribution in [-0.4, -0.2) is 47.3 Å². The number of carbonyl (C=O) groups is 1. The summed E-state index contributed by atoms with van der Waals surface area (Å²) in [4.78, 5) is 16.5. The average Bonchev–Trinajstić information content (AvgIpc) is 2.67. The van der Waals surface area contributed by atoms with E-state index in [1.807, 2.05) is 25.2 Å². The third kappa shape index (κ3) is 4.56. The summed E-state index contributed by atoms with van der Waals surface area (Å²) in [5, 5.41) is 12.2. The van der Waals surface area contributed by atoms with Crippen molar-refractivity contribution in [1.82, 2.24) is 20.4 Å². The summed E-state index contributed by atoms with van der Waals surface area (Å²) in [6.07, 6.45) is 3.62. The largest absolute Gasteiger partial charge is 0.353 e. The Morgan fingerprint density at radius 1 is 1.38 bits per heavy atom. The maximum absolute atomic E-state index is 12.5. The topological polar surface area (TPSA) is 61.4 Å². The molecule has 0 saturated carbocycles. The lowest BCUT2D eigenvalue weighted by molar-refractivity contribution is 0.182. The third-order valence-electron chi connectivity index (χ3n) is 4.59. The van der Waals surface area contributed by atoms with Crippen LogP contribution in [-0.2, 0) is 6.54 Å². The van der Waals surface area contributed by atoms with Crippen molar-refractivity contribution in [3.05, 3.63) is 52.1 Å². The second kappa shape index (κ2) is 8.56. The maximum atomic E-state index is 12.5. The molecule has 0 radical (unpaired) electrons. The van der Waals surface area contributed by atoms with E-state index < -0.39 is 0 Å². The van der Waals surface area contributed by atoms with E-state index in [0.29, 0.717) is 16.6 Å². The number of rotatable bonds is 4. The fraction of sp³-hybridized carbons (Fsp3) is 0.389. The Hall–Kier alpha value is -2.05. The summed E-state index contributed by atoms with van der Waals surface area (Å²) in [5.41, 5.74) is 0.836. The highest BCUT2D eigenvalue weighted by atomic mass is 35.5. The van der Waals surface area contributed by atoms with Gasteiger partial charge in [0.25, 0.3) is 0 Å². The highest BCUT2D eigenvalue weighted by molar-refractivity contribution is 6.35. The average molecular weight is 394 g/mol. The lowest BCUT2D eigenvalue weighted by Gasteiger charge is -2.38. The number of aromatic nitrogens is 2. The molecule has 3 rings (SSSR count). The first-order chi connectivity index (χ1) is 12.5. The summed E-state index contributed by atoms with van der Waals surface area (Å²) < 4.78 is 0. The quantitative estimate of drug-likeness (QED) is 0.861. The molecule has 0 bridgehead atoms. The zero-order valence-electron chi connectivity index (χ0n) is 14.5. The Labute approximate surface area is 163 Å². The number of anilines is 1. The number of piperidine rings is 1. The molecule has 2 amide bonds. The molecule has 1 aromatic heterocycles.